The molecule has 0 aromatic heterocycles. The number of fused-ring (bicyclic) bond motifs is 1. The number of carbonyl (C=O) groups excluding carboxylic acids is 3. The highest BCUT2D eigenvalue weighted by Crippen LogP contribution is 2.31. The van der Waals surface area contributed by atoms with Gasteiger partial charge in [0.1, 0.15) is 19.0 Å². The lowest BCUT2D eigenvalue weighted by Crippen LogP contribution is -2.22. The lowest BCUT2D eigenvalue weighted by atomic mass is 10.1. The molecule has 0 fully saturated rings. The number of anilines is 1. The van der Waals surface area contributed by atoms with Crippen LogP contribution in [0, 0.1) is 11.6 Å². The van der Waals surface area contributed by atoms with Gasteiger partial charge in [-0.25, -0.2) is 8.78 Å². The van der Waals surface area contributed by atoms with Gasteiger partial charge in [-0.3, -0.25) is 14.4 Å². The van der Waals surface area contributed by atoms with Crippen molar-refractivity contribution in [1.82, 2.24) is 0 Å². The Labute approximate surface area is 178 Å². The molecule has 1 amide bonds. The van der Waals surface area contributed by atoms with E-state index >= 15 is 0 Å². The van der Waals surface area contributed by atoms with Gasteiger partial charge in [-0.15, -0.1) is 0 Å². The lowest BCUT2D eigenvalue weighted by molar-refractivity contribution is -0.147. The molecule has 1 heterocycles. The number of rotatable bonds is 7. The fourth-order valence-corrected chi connectivity index (χ4v) is 3.14. The molecule has 0 aliphatic carbocycles. The highest BCUT2D eigenvalue weighted by Gasteiger charge is 2.17. The highest BCUT2D eigenvalue weighted by atomic mass is 79.9. The van der Waals surface area contributed by atoms with Gasteiger partial charge < -0.3 is 19.5 Å². The number of nitrogens with one attached hydrogen (secondary N) is 1. The molecule has 7 nitrogen and oxygen atoms in total. The largest absolute Gasteiger partial charge is 0.486 e. The summed E-state index contributed by atoms with van der Waals surface area (Å²) < 4.78 is 42.4. The van der Waals surface area contributed by atoms with E-state index in [0.717, 1.165) is 6.07 Å². The zero-order chi connectivity index (χ0) is 21.7. The van der Waals surface area contributed by atoms with Crippen LogP contribution in [0.2, 0.25) is 0 Å². The standard InChI is InChI=1S/C20H16BrF2NO6/c21-13-8-12(22)9-14(23)20(13)24-18(26)10-30-19(27)4-2-15(25)11-1-3-16-17(7-11)29-6-5-28-16/h1,3,7-9H,2,4-6,10H2,(H,24,26). The van der Waals surface area contributed by atoms with E-state index in [2.05, 4.69) is 21.2 Å². The predicted molar refractivity (Wildman–Crippen MR) is 105 cm³/mol. The molecule has 1 aliphatic rings. The van der Waals surface area contributed by atoms with Gasteiger partial charge in [-0.05, 0) is 40.2 Å². The van der Waals surface area contributed by atoms with Gasteiger partial charge in [0.05, 0.1) is 12.1 Å². The van der Waals surface area contributed by atoms with E-state index in [9.17, 15) is 23.2 Å². The van der Waals surface area contributed by atoms with Crippen LogP contribution in [0.25, 0.3) is 0 Å². The van der Waals surface area contributed by atoms with Gasteiger partial charge >= 0.3 is 5.97 Å². The minimum absolute atomic E-state index is 0.00435. The molecular formula is C20H16BrF2NO6. The number of hydrogen-bond donors (Lipinski definition) is 1. The summed E-state index contributed by atoms with van der Waals surface area (Å²) >= 11 is 2.94. The molecule has 0 saturated carbocycles. The molecule has 0 atom stereocenters. The SMILES string of the molecule is O=C(COC(=O)CCC(=O)c1ccc2c(c1)OCCO2)Nc1c(F)cc(F)cc1Br. The molecule has 0 spiro atoms. The highest BCUT2D eigenvalue weighted by molar-refractivity contribution is 9.10. The topological polar surface area (TPSA) is 90.9 Å². The Bertz CT molecular complexity index is 974. The third kappa shape index (κ3) is 5.53. The first-order valence-corrected chi connectivity index (χ1v) is 9.65. The molecule has 0 saturated heterocycles. The Morgan fingerprint density at radius 1 is 1.03 bits per heavy atom. The van der Waals surface area contributed by atoms with Gasteiger partial charge in [-0.1, -0.05) is 0 Å². The van der Waals surface area contributed by atoms with E-state index in [4.69, 9.17) is 14.2 Å². The molecule has 3 rings (SSSR count). The molecule has 2 aromatic carbocycles. The van der Waals surface area contributed by atoms with Crippen molar-refractivity contribution in [3.63, 3.8) is 0 Å². The first-order valence-electron chi connectivity index (χ1n) is 8.86. The van der Waals surface area contributed by atoms with E-state index in [1.54, 1.807) is 18.2 Å². The van der Waals surface area contributed by atoms with Crippen molar-refractivity contribution in [2.24, 2.45) is 0 Å². The Morgan fingerprint density at radius 2 is 1.77 bits per heavy atom. The van der Waals surface area contributed by atoms with Gasteiger partial charge in [-0.2, -0.15) is 0 Å². The molecule has 10 heteroatoms. The number of halogens is 3. The number of hydrogen-bond acceptors (Lipinski definition) is 6. The molecule has 1 N–H and O–H groups in total. The summed E-state index contributed by atoms with van der Waals surface area (Å²) in [7, 11) is 0. The van der Waals surface area contributed by atoms with Crippen LogP contribution in [0.3, 0.4) is 0 Å². The summed E-state index contributed by atoms with van der Waals surface area (Å²) in [6.07, 6.45) is -0.368. The summed E-state index contributed by atoms with van der Waals surface area (Å²) in [5.41, 5.74) is 0.0904. The van der Waals surface area contributed by atoms with Crippen LogP contribution in [0.4, 0.5) is 14.5 Å². The van der Waals surface area contributed by atoms with Crippen molar-refractivity contribution >= 4 is 39.3 Å². The maximum Gasteiger partial charge on any atom is 0.306 e. The summed E-state index contributed by atoms with van der Waals surface area (Å²) in [4.78, 5) is 35.9. The smallest absolute Gasteiger partial charge is 0.306 e. The Balaban J connectivity index is 1.46. The van der Waals surface area contributed by atoms with E-state index in [0.29, 0.717) is 36.3 Å². The van der Waals surface area contributed by atoms with Crippen molar-refractivity contribution in [3.05, 3.63) is 52.0 Å². The molecule has 0 unspecified atom stereocenters. The Kier molecular flexibility index (Phi) is 6.99. The number of benzene rings is 2. The predicted octanol–water partition coefficient (Wildman–Crippen LogP) is 3.64. The van der Waals surface area contributed by atoms with E-state index in [-0.39, 0.29) is 28.8 Å². The van der Waals surface area contributed by atoms with E-state index in [1.165, 1.54) is 0 Å². The number of ketones is 1. The normalized spacial score (nSPS) is 12.2. The average Bonchev–Trinajstić information content (AvgIpc) is 2.72. The van der Waals surface area contributed by atoms with Crippen LogP contribution in [-0.2, 0) is 14.3 Å². The molecule has 158 valence electrons. The van der Waals surface area contributed by atoms with E-state index < -0.39 is 30.1 Å². The van der Waals surface area contributed by atoms with Crippen LogP contribution in [0.1, 0.15) is 23.2 Å². The minimum atomic E-state index is -0.980. The second-order valence-corrected chi connectivity index (χ2v) is 7.09. The van der Waals surface area contributed by atoms with Crippen molar-refractivity contribution in [3.8, 4) is 11.5 Å². The fraction of sp³-hybridized carbons (Fsp3) is 0.250. The molecule has 30 heavy (non-hydrogen) atoms. The number of esters is 1. The maximum atomic E-state index is 13.7. The summed E-state index contributed by atoms with van der Waals surface area (Å²) in [5, 5.41) is 2.18. The summed E-state index contributed by atoms with van der Waals surface area (Å²) in [6.45, 7) is 0.141. The van der Waals surface area contributed by atoms with Gasteiger partial charge in [0.25, 0.3) is 5.91 Å². The van der Waals surface area contributed by atoms with Gasteiger partial charge in [0.2, 0.25) is 0 Å². The quantitative estimate of drug-likeness (QED) is 0.477. The van der Waals surface area contributed by atoms with Crippen LogP contribution >= 0.6 is 15.9 Å². The van der Waals surface area contributed by atoms with Crippen LogP contribution in [0.5, 0.6) is 11.5 Å². The van der Waals surface area contributed by atoms with Crippen molar-refractivity contribution in [1.29, 1.82) is 0 Å². The third-order valence-corrected chi connectivity index (χ3v) is 4.68. The number of carbonyl (C=O) groups is 3. The van der Waals surface area contributed by atoms with Gasteiger partial charge in [0.15, 0.2) is 29.7 Å². The maximum absolute atomic E-state index is 13.7. The summed E-state index contributed by atoms with van der Waals surface area (Å²) in [6, 6.07) is 6.33. The van der Waals surface area contributed by atoms with Crippen LogP contribution in [0.15, 0.2) is 34.8 Å². The average molecular weight is 484 g/mol. The number of Topliss-reactive ketones (excluding diaryl/α,β-unsaturated/α-hetero) is 1. The Morgan fingerprint density at radius 3 is 2.50 bits per heavy atom. The van der Waals surface area contributed by atoms with Crippen molar-refractivity contribution in [2.75, 3.05) is 25.1 Å². The monoisotopic (exact) mass is 483 g/mol. The third-order valence-electron chi connectivity index (χ3n) is 4.06. The second-order valence-electron chi connectivity index (χ2n) is 6.23. The zero-order valence-corrected chi connectivity index (χ0v) is 17.1. The second kappa shape index (κ2) is 9.66. The first kappa shape index (κ1) is 21.7. The van der Waals surface area contributed by atoms with Crippen LogP contribution < -0.4 is 14.8 Å². The Hall–Kier alpha value is -3.01. The summed E-state index contributed by atoms with van der Waals surface area (Å²) in [5.74, 6) is -2.66. The number of amides is 1. The van der Waals surface area contributed by atoms with Crippen molar-refractivity contribution in [2.45, 2.75) is 12.8 Å². The van der Waals surface area contributed by atoms with E-state index in [1.807, 2.05) is 0 Å². The van der Waals surface area contributed by atoms with Crippen molar-refractivity contribution < 1.29 is 37.4 Å². The lowest BCUT2D eigenvalue weighted by Gasteiger charge is -2.18. The molecule has 2 aromatic rings. The fourth-order valence-electron chi connectivity index (χ4n) is 2.63. The molecule has 1 aliphatic heterocycles. The van der Waals surface area contributed by atoms with Crippen LogP contribution in [-0.4, -0.2) is 37.5 Å². The molecule has 0 radical (unpaired) electrons. The first-order chi connectivity index (χ1) is 14.3. The van der Waals surface area contributed by atoms with Gasteiger partial charge in [0, 0.05) is 22.5 Å². The number of ether oxygens (including phenoxy) is 3. The minimum Gasteiger partial charge on any atom is -0.486 e. The zero-order valence-electron chi connectivity index (χ0n) is 15.5. The molecule has 0 bridgehead atoms. The molecular weight excluding hydrogens is 468 g/mol.